The molecule has 4 aliphatic heterocycles. The van der Waals surface area contributed by atoms with Gasteiger partial charge >= 0.3 is 0 Å². The minimum Gasteiger partial charge on any atom is -0.391 e. The number of nitrogens with zero attached hydrogens (tertiary/aromatic N) is 1. The van der Waals surface area contributed by atoms with E-state index >= 15 is 0 Å². The highest BCUT2D eigenvalue weighted by molar-refractivity contribution is 5.18. The Hall–Kier alpha value is -1.92. The van der Waals surface area contributed by atoms with Crippen LogP contribution < -0.4 is 0 Å². The van der Waals surface area contributed by atoms with E-state index in [1.54, 1.807) is 0 Å². The molecule has 0 spiro atoms. The van der Waals surface area contributed by atoms with Crippen molar-refractivity contribution < 1.29 is 38.6 Å². The zero-order chi connectivity index (χ0) is 26.4. The van der Waals surface area contributed by atoms with Gasteiger partial charge in [0.1, 0.15) is 24.4 Å². The summed E-state index contributed by atoms with van der Waals surface area (Å²) in [5, 5.41) is 23.7. The van der Waals surface area contributed by atoms with Gasteiger partial charge in [-0.2, -0.15) is 0 Å². The van der Waals surface area contributed by atoms with Crippen LogP contribution in [0.3, 0.4) is 0 Å². The van der Waals surface area contributed by atoms with Crippen LogP contribution in [0.1, 0.15) is 31.3 Å². The molecular formula is C29H37NO8. The van der Waals surface area contributed by atoms with E-state index in [0.29, 0.717) is 13.1 Å². The SMILES string of the molecule is CO[C@H]1O[C@@H]2CO[C@@H](c3ccccc3)O[C@H]2[C@@H](O)[C@H]1C(O)[C@@H]1[C@H]2OC(C)(C)O[C@H]2CN1Cc1ccccc1. The third kappa shape index (κ3) is 4.92. The molecule has 2 N–H and O–H groups in total. The molecule has 6 rings (SSSR count). The van der Waals surface area contributed by atoms with Gasteiger partial charge in [0, 0.05) is 25.8 Å². The van der Waals surface area contributed by atoms with Crippen LogP contribution in [0.4, 0.5) is 0 Å². The number of ether oxygens (including phenoxy) is 6. The van der Waals surface area contributed by atoms with Gasteiger partial charge in [-0.15, -0.1) is 0 Å². The molecule has 2 aromatic rings. The number of hydrogen-bond acceptors (Lipinski definition) is 9. The van der Waals surface area contributed by atoms with Crippen LogP contribution >= 0.6 is 0 Å². The largest absolute Gasteiger partial charge is 0.391 e. The fraction of sp³-hybridized carbons (Fsp3) is 0.586. The number of aliphatic hydroxyl groups is 2. The van der Waals surface area contributed by atoms with Crippen LogP contribution in [0.5, 0.6) is 0 Å². The number of aliphatic hydroxyl groups excluding tert-OH is 2. The second kappa shape index (κ2) is 10.6. The maximum absolute atomic E-state index is 12.0. The zero-order valence-corrected chi connectivity index (χ0v) is 22.0. The zero-order valence-electron chi connectivity index (χ0n) is 22.0. The van der Waals surface area contributed by atoms with Crippen LogP contribution in [-0.4, -0.2) is 90.1 Å². The van der Waals surface area contributed by atoms with Gasteiger partial charge in [0.15, 0.2) is 18.4 Å². The number of likely N-dealkylation sites (tertiary alicyclic amines) is 1. The lowest BCUT2D eigenvalue weighted by molar-refractivity contribution is -0.360. The molecular weight excluding hydrogens is 490 g/mol. The Morgan fingerprint density at radius 3 is 2.39 bits per heavy atom. The quantitative estimate of drug-likeness (QED) is 0.586. The molecule has 2 aromatic carbocycles. The standard InChI is InChI=1S/C29H37NO8/c1-29(2)37-19-15-30(14-17-10-6-4-7-11-17)22(25(19)38-29)23(31)21-24(32)26-20(35-28(21)33-3)16-34-27(36-26)18-12-8-5-9-13-18/h4-13,19-28,31-32H,14-16H2,1-3H3/t19-,20+,21+,22+,23?,24-,25-,26+,27+,28-/m0/s1. The summed E-state index contributed by atoms with van der Waals surface area (Å²) in [7, 11) is 1.52. The van der Waals surface area contributed by atoms with Gasteiger partial charge in [0.05, 0.1) is 30.8 Å². The first-order chi connectivity index (χ1) is 18.3. The molecule has 4 saturated heterocycles. The summed E-state index contributed by atoms with van der Waals surface area (Å²) in [6.45, 7) is 5.21. The van der Waals surface area contributed by atoms with Gasteiger partial charge in [0.25, 0.3) is 0 Å². The monoisotopic (exact) mass is 527 g/mol. The summed E-state index contributed by atoms with van der Waals surface area (Å²) in [6.07, 6.45) is -5.40. The first-order valence-corrected chi connectivity index (χ1v) is 13.3. The van der Waals surface area contributed by atoms with Crippen LogP contribution in [0.2, 0.25) is 0 Å². The topological polar surface area (TPSA) is 99.1 Å². The molecule has 0 aliphatic carbocycles. The molecule has 0 bridgehead atoms. The molecule has 0 aromatic heterocycles. The minimum absolute atomic E-state index is 0.203. The maximum atomic E-state index is 12.0. The van der Waals surface area contributed by atoms with E-state index in [4.69, 9.17) is 28.4 Å². The van der Waals surface area contributed by atoms with Gasteiger partial charge < -0.3 is 38.6 Å². The van der Waals surface area contributed by atoms with Gasteiger partial charge in [0.2, 0.25) is 0 Å². The fourth-order valence-electron chi connectivity index (χ4n) is 6.45. The van der Waals surface area contributed by atoms with Crippen molar-refractivity contribution in [2.24, 2.45) is 5.92 Å². The van der Waals surface area contributed by atoms with Crippen LogP contribution in [-0.2, 0) is 35.0 Å². The molecule has 9 heteroatoms. The second-order valence-electron chi connectivity index (χ2n) is 11.1. The Morgan fingerprint density at radius 2 is 1.68 bits per heavy atom. The molecule has 4 fully saturated rings. The predicted molar refractivity (Wildman–Crippen MR) is 136 cm³/mol. The summed E-state index contributed by atoms with van der Waals surface area (Å²) >= 11 is 0. The smallest absolute Gasteiger partial charge is 0.184 e. The molecule has 4 aliphatic rings. The van der Waals surface area contributed by atoms with Crippen LogP contribution in [0, 0.1) is 5.92 Å². The summed E-state index contributed by atoms with van der Waals surface area (Å²) in [4.78, 5) is 2.17. The molecule has 0 saturated carbocycles. The van der Waals surface area contributed by atoms with Gasteiger partial charge in [-0.05, 0) is 19.4 Å². The van der Waals surface area contributed by atoms with Crippen molar-refractivity contribution in [3.05, 3.63) is 71.8 Å². The number of benzene rings is 2. The lowest BCUT2D eigenvalue weighted by atomic mass is 9.82. The number of hydrogen-bond donors (Lipinski definition) is 2. The lowest BCUT2D eigenvalue weighted by Gasteiger charge is -2.50. The van der Waals surface area contributed by atoms with E-state index in [2.05, 4.69) is 17.0 Å². The van der Waals surface area contributed by atoms with Crippen molar-refractivity contribution >= 4 is 0 Å². The predicted octanol–water partition coefficient (Wildman–Crippen LogP) is 2.21. The molecule has 0 amide bonds. The molecule has 206 valence electrons. The molecule has 0 radical (unpaired) electrons. The van der Waals surface area contributed by atoms with E-state index in [1.165, 1.54) is 7.11 Å². The number of methoxy groups -OCH3 is 1. The lowest BCUT2D eigenvalue weighted by Crippen LogP contribution is -2.65. The molecule has 9 nitrogen and oxygen atoms in total. The highest BCUT2D eigenvalue weighted by Gasteiger charge is 2.59. The van der Waals surface area contributed by atoms with Gasteiger partial charge in [-0.25, -0.2) is 0 Å². The van der Waals surface area contributed by atoms with Crippen molar-refractivity contribution in [2.75, 3.05) is 20.3 Å². The fourth-order valence-corrected chi connectivity index (χ4v) is 6.45. The Kier molecular flexibility index (Phi) is 7.32. The Labute approximate surface area is 223 Å². The highest BCUT2D eigenvalue weighted by atomic mass is 16.8. The number of fused-ring (bicyclic) bond motifs is 2. The van der Waals surface area contributed by atoms with E-state index < -0.39 is 54.7 Å². The summed E-state index contributed by atoms with van der Waals surface area (Å²) in [6, 6.07) is 19.2. The van der Waals surface area contributed by atoms with Crippen molar-refractivity contribution in [2.45, 2.75) is 81.4 Å². The average Bonchev–Trinajstić information content (AvgIpc) is 3.39. The molecule has 1 unspecified atom stereocenters. The summed E-state index contributed by atoms with van der Waals surface area (Å²) < 4.78 is 36.5. The summed E-state index contributed by atoms with van der Waals surface area (Å²) in [5.74, 6) is -1.54. The maximum Gasteiger partial charge on any atom is 0.184 e. The van der Waals surface area contributed by atoms with Crippen LogP contribution in [0.15, 0.2) is 60.7 Å². The normalized spacial score (nSPS) is 39.4. The van der Waals surface area contributed by atoms with Gasteiger partial charge in [-0.1, -0.05) is 60.7 Å². The van der Waals surface area contributed by atoms with Gasteiger partial charge in [-0.3, -0.25) is 4.90 Å². The third-order valence-corrected chi connectivity index (χ3v) is 8.08. The molecule has 38 heavy (non-hydrogen) atoms. The average molecular weight is 528 g/mol. The first kappa shape index (κ1) is 26.3. The van der Waals surface area contributed by atoms with Crippen molar-refractivity contribution in [1.82, 2.24) is 4.90 Å². The summed E-state index contributed by atoms with van der Waals surface area (Å²) in [5.41, 5.74) is 1.97. The van der Waals surface area contributed by atoms with E-state index in [-0.39, 0.29) is 18.8 Å². The Morgan fingerprint density at radius 1 is 0.974 bits per heavy atom. The molecule has 4 heterocycles. The second-order valence-corrected chi connectivity index (χ2v) is 11.1. The van der Waals surface area contributed by atoms with Crippen LogP contribution in [0.25, 0.3) is 0 Å². The Balaban J connectivity index is 1.27. The number of rotatable bonds is 6. The van der Waals surface area contributed by atoms with Crippen molar-refractivity contribution in [3.8, 4) is 0 Å². The molecule has 10 atom stereocenters. The Bertz CT molecular complexity index is 1070. The van der Waals surface area contributed by atoms with E-state index in [1.807, 2.05) is 62.4 Å². The third-order valence-electron chi connectivity index (χ3n) is 8.08. The van der Waals surface area contributed by atoms with Crippen molar-refractivity contribution in [3.63, 3.8) is 0 Å². The van der Waals surface area contributed by atoms with Crippen molar-refractivity contribution in [1.29, 1.82) is 0 Å². The first-order valence-electron chi connectivity index (χ1n) is 13.3. The van der Waals surface area contributed by atoms with E-state index in [0.717, 1.165) is 11.1 Å². The highest BCUT2D eigenvalue weighted by Crippen LogP contribution is 2.43. The van der Waals surface area contributed by atoms with E-state index in [9.17, 15) is 10.2 Å². The minimum atomic E-state index is -1.06.